The molecule has 0 saturated carbocycles. The molecule has 4 unspecified atom stereocenters. The molecular weight excluding hydrogens is 598 g/mol. The normalized spacial score (nSPS) is 18.5. The molecule has 10 nitrogen and oxygen atoms in total. The fourth-order valence-electron chi connectivity index (χ4n) is 6.59. The van der Waals surface area contributed by atoms with Crippen molar-refractivity contribution < 1.29 is 28.5 Å². The summed E-state index contributed by atoms with van der Waals surface area (Å²) in [7, 11) is 4.69. The summed E-state index contributed by atoms with van der Waals surface area (Å²) in [4.78, 5) is 42.3. The van der Waals surface area contributed by atoms with Crippen LogP contribution in [-0.2, 0) is 20.7 Å². The van der Waals surface area contributed by atoms with Crippen molar-refractivity contribution in [2.45, 2.75) is 58.2 Å². The lowest BCUT2D eigenvalue weighted by molar-refractivity contribution is -0.141. The molecule has 10 heteroatoms. The number of hydrogen-bond donors (Lipinski definition) is 2. The highest BCUT2D eigenvalue weighted by atomic mass is 16.5. The molecule has 3 aromatic rings. The average molecular weight is 644 g/mol. The molecule has 1 aliphatic heterocycles. The molecule has 47 heavy (non-hydrogen) atoms. The highest BCUT2D eigenvalue weighted by Crippen LogP contribution is 2.50. The number of benzene rings is 2. The van der Waals surface area contributed by atoms with Crippen molar-refractivity contribution in [1.29, 1.82) is 0 Å². The Balaban J connectivity index is 1.57. The van der Waals surface area contributed by atoms with Gasteiger partial charge < -0.3 is 34.5 Å². The third-order valence-electron chi connectivity index (χ3n) is 9.26. The summed E-state index contributed by atoms with van der Waals surface area (Å²) < 4.78 is 23.3. The van der Waals surface area contributed by atoms with Gasteiger partial charge >= 0.3 is 0 Å². The highest BCUT2D eigenvalue weighted by Gasteiger charge is 2.34. The van der Waals surface area contributed by atoms with E-state index in [9.17, 15) is 14.4 Å². The van der Waals surface area contributed by atoms with E-state index in [2.05, 4.69) is 10.6 Å². The van der Waals surface area contributed by atoms with Gasteiger partial charge in [-0.25, -0.2) is 0 Å². The topological polar surface area (TPSA) is 115 Å². The highest BCUT2D eigenvalue weighted by molar-refractivity contribution is 5.86. The number of rotatable bonds is 10. The van der Waals surface area contributed by atoms with E-state index in [1.165, 1.54) is 6.92 Å². The lowest BCUT2D eigenvalue weighted by Gasteiger charge is -2.37. The first-order valence-electron chi connectivity index (χ1n) is 16.2. The maximum Gasteiger partial charge on any atom is 0.245 e. The van der Waals surface area contributed by atoms with Gasteiger partial charge in [-0.3, -0.25) is 14.4 Å². The Morgan fingerprint density at radius 1 is 1.02 bits per heavy atom. The third-order valence-corrected chi connectivity index (χ3v) is 9.26. The molecule has 0 bridgehead atoms. The summed E-state index contributed by atoms with van der Waals surface area (Å²) in [5, 5.41) is 6.39. The number of aryl methyl sites for hydroxylation is 1. The summed E-state index contributed by atoms with van der Waals surface area (Å²) in [6.07, 6.45) is 1.67. The molecule has 2 N–H and O–H groups in total. The number of ether oxygens (including phenoxy) is 4. The van der Waals surface area contributed by atoms with E-state index < -0.39 is 12.1 Å². The van der Waals surface area contributed by atoms with Gasteiger partial charge in [0.25, 0.3) is 0 Å². The number of amides is 2. The molecule has 1 saturated heterocycles. The van der Waals surface area contributed by atoms with Crippen LogP contribution in [-0.4, -0.2) is 63.8 Å². The van der Waals surface area contributed by atoms with Crippen LogP contribution >= 0.6 is 0 Å². The second-order valence-electron chi connectivity index (χ2n) is 12.2. The van der Waals surface area contributed by atoms with Crippen molar-refractivity contribution in [3.8, 4) is 28.4 Å². The molecule has 2 amide bonds. The molecule has 3 aromatic carbocycles. The van der Waals surface area contributed by atoms with Gasteiger partial charge in [0.05, 0.1) is 46.2 Å². The SMILES string of the molecule is CCC(C)C(Nc1ccc2c(cc1=O)C(NC(C)=O)CCc1cc(OC)c(OC)c(OC)c1-2)C(=O)N1CCOC(c2ccccc2)C1. The summed E-state index contributed by atoms with van der Waals surface area (Å²) in [6, 6.07) is 15.9. The van der Waals surface area contributed by atoms with Crippen molar-refractivity contribution in [1.82, 2.24) is 10.2 Å². The van der Waals surface area contributed by atoms with Crippen LogP contribution in [0.1, 0.15) is 62.4 Å². The Morgan fingerprint density at radius 3 is 2.43 bits per heavy atom. The maximum absolute atomic E-state index is 14.1. The predicted molar refractivity (Wildman–Crippen MR) is 181 cm³/mol. The van der Waals surface area contributed by atoms with Crippen LogP contribution in [0.4, 0.5) is 5.69 Å². The molecule has 1 fully saturated rings. The van der Waals surface area contributed by atoms with Crippen LogP contribution in [0.2, 0.25) is 0 Å². The van der Waals surface area contributed by atoms with Gasteiger partial charge in [0, 0.05) is 19.0 Å². The summed E-state index contributed by atoms with van der Waals surface area (Å²) in [6.45, 7) is 6.85. The second kappa shape index (κ2) is 14.9. The first-order chi connectivity index (χ1) is 22.7. The molecule has 1 aliphatic carbocycles. The van der Waals surface area contributed by atoms with Crippen molar-refractivity contribution >= 4 is 17.5 Å². The Bertz CT molecular complexity index is 1660. The number of carbonyl (C=O) groups is 2. The minimum Gasteiger partial charge on any atom is -0.493 e. The van der Waals surface area contributed by atoms with Gasteiger partial charge in [0.1, 0.15) is 12.1 Å². The molecule has 1 heterocycles. The lowest BCUT2D eigenvalue weighted by atomic mass is 9.95. The fraction of sp³-hybridized carbons (Fsp3) is 0.432. The number of carbonyl (C=O) groups excluding carboxylic acids is 2. The van der Waals surface area contributed by atoms with Crippen LogP contribution in [0.3, 0.4) is 0 Å². The van der Waals surface area contributed by atoms with Crippen LogP contribution in [0.15, 0.2) is 59.4 Å². The summed E-state index contributed by atoms with van der Waals surface area (Å²) >= 11 is 0. The second-order valence-corrected chi connectivity index (χ2v) is 12.2. The van der Waals surface area contributed by atoms with Gasteiger partial charge in [-0.1, -0.05) is 56.7 Å². The molecule has 0 spiro atoms. The van der Waals surface area contributed by atoms with E-state index in [-0.39, 0.29) is 29.3 Å². The number of hydrogen-bond acceptors (Lipinski definition) is 8. The van der Waals surface area contributed by atoms with Gasteiger partial charge in [-0.05, 0) is 59.2 Å². The molecule has 250 valence electrons. The zero-order valence-electron chi connectivity index (χ0n) is 28.1. The number of nitrogens with zero attached hydrogens (tertiary/aromatic N) is 1. The van der Waals surface area contributed by atoms with Crippen LogP contribution in [0, 0.1) is 5.92 Å². The Labute approximate surface area is 276 Å². The van der Waals surface area contributed by atoms with Crippen molar-refractivity contribution in [2.75, 3.05) is 46.3 Å². The van der Waals surface area contributed by atoms with E-state index >= 15 is 0 Å². The lowest BCUT2D eigenvalue weighted by Crippen LogP contribution is -2.51. The number of methoxy groups -OCH3 is 3. The van der Waals surface area contributed by atoms with E-state index in [1.807, 2.05) is 61.2 Å². The maximum atomic E-state index is 14.1. The van der Waals surface area contributed by atoms with Gasteiger partial charge in [0.2, 0.25) is 23.0 Å². The number of fused-ring (bicyclic) bond motifs is 3. The Hall–Kier alpha value is -4.57. The minimum absolute atomic E-state index is 0.0621. The largest absolute Gasteiger partial charge is 0.493 e. The van der Waals surface area contributed by atoms with E-state index in [4.69, 9.17) is 18.9 Å². The van der Waals surface area contributed by atoms with Gasteiger partial charge in [0.15, 0.2) is 11.5 Å². The van der Waals surface area contributed by atoms with Gasteiger partial charge in [-0.2, -0.15) is 0 Å². The molecule has 4 atom stereocenters. The predicted octanol–water partition coefficient (Wildman–Crippen LogP) is 5.29. The zero-order chi connectivity index (χ0) is 33.7. The third kappa shape index (κ3) is 7.07. The Morgan fingerprint density at radius 2 is 1.77 bits per heavy atom. The van der Waals surface area contributed by atoms with Crippen molar-refractivity contribution in [3.05, 3.63) is 81.5 Å². The van der Waals surface area contributed by atoms with Crippen LogP contribution in [0.25, 0.3) is 11.1 Å². The monoisotopic (exact) mass is 643 g/mol. The van der Waals surface area contributed by atoms with E-state index in [0.29, 0.717) is 61.0 Å². The first-order valence-corrected chi connectivity index (χ1v) is 16.2. The minimum atomic E-state index is -0.637. The standard InChI is InChI=1S/C37H45N3O7/c1-7-22(2)34(37(43)40-17-18-47-32(21-40)24-11-9-8-10-12-24)39-29-16-14-26-27(20-30(29)42)28(38-23(3)41)15-13-25-19-31(44-4)35(45-5)36(46-6)33(25)26/h8-12,14,16,19-20,22,28,32,34H,7,13,15,17-18,21H2,1-6H3,(H,38,41)(H,39,42). The smallest absolute Gasteiger partial charge is 0.245 e. The quantitative estimate of drug-likeness (QED) is 0.306. The van der Waals surface area contributed by atoms with E-state index in [1.54, 1.807) is 33.5 Å². The number of morpholine rings is 1. The van der Waals surface area contributed by atoms with Crippen molar-refractivity contribution in [3.63, 3.8) is 0 Å². The van der Waals surface area contributed by atoms with Crippen molar-refractivity contribution in [2.24, 2.45) is 5.92 Å². The molecule has 0 radical (unpaired) electrons. The van der Waals surface area contributed by atoms with E-state index in [0.717, 1.165) is 28.7 Å². The molecule has 2 aliphatic rings. The first kappa shape index (κ1) is 33.8. The summed E-state index contributed by atoms with van der Waals surface area (Å²) in [5.41, 5.74) is 4.13. The molecule has 0 aromatic heterocycles. The number of anilines is 1. The Kier molecular flexibility index (Phi) is 10.7. The number of nitrogens with one attached hydrogen (secondary N) is 2. The van der Waals surface area contributed by atoms with Crippen LogP contribution in [0.5, 0.6) is 17.2 Å². The average Bonchev–Trinajstić information content (AvgIpc) is 3.33. The zero-order valence-corrected chi connectivity index (χ0v) is 28.1. The summed E-state index contributed by atoms with van der Waals surface area (Å²) in [5.74, 6) is 1.11. The fourth-order valence-corrected chi connectivity index (χ4v) is 6.59. The van der Waals surface area contributed by atoms with Crippen LogP contribution < -0.4 is 30.3 Å². The van der Waals surface area contributed by atoms with Gasteiger partial charge in [-0.15, -0.1) is 0 Å². The molecule has 5 rings (SSSR count). The molecular formula is C37H45N3O7.